The molecule has 96 valence electrons. The first-order valence-electron chi connectivity index (χ1n) is 6.18. The predicted octanol–water partition coefficient (Wildman–Crippen LogP) is 1.32. The molecule has 1 aliphatic rings. The molecule has 0 aromatic carbocycles. The van der Waals surface area contributed by atoms with Gasteiger partial charge in [-0.05, 0) is 19.4 Å². The maximum absolute atomic E-state index is 9.59. The largest absolute Gasteiger partial charge is 0.392 e. The van der Waals surface area contributed by atoms with Gasteiger partial charge in [-0.2, -0.15) is 4.98 Å². The van der Waals surface area contributed by atoms with Gasteiger partial charge in [-0.1, -0.05) is 25.9 Å². The van der Waals surface area contributed by atoms with E-state index in [-0.39, 0.29) is 11.5 Å². The van der Waals surface area contributed by atoms with Gasteiger partial charge in [0.15, 0.2) is 5.82 Å². The lowest BCUT2D eigenvalue weighted by atomic mass is 9.97. The van der Waals surface area contributed by atoms with Crippen LogP contribution in [0.25, 0.3) is 0 Å². The van der Waals surface area contributed by atoms with Gasteiger partial charge in [0.1, 0.15) is 0 Å². The third-order valence-corrected chi connectivity index (χ3v) is 2.96. The van der Waals surface area contributed by atoms with Crippen molar-refractivity contribution in [2.24, 2.45) is 0 Å². The van der Waals surface area contributed by atoms with Crippen LogP contribution in [0.2, 0.25) is 0 Å². The van der Waals surface area contributed by atoms with E-state index in [9.17, 15) is 5.11 Å². The second-order valence-corrected chi connectivity index (χ2v) is 5.80. The van der Waals surface area contributed by atoms with Crippen molar-refractivity contribution in [3.05, 3.63) is 11.7 Å². The molecule has 0 spiro atoms. The molecule has 1 saturated heterocycles. The summed E-state index contributed by atoms with van der Waals surface area (Å²) in [6, 6.07) is 0. The Morgan fingerprint density at radius 2 is 2.24 bits per heavy atom. The zero-order valence-electron chi connectivity index (χ0n) is 10.8. The molecule has 1 N–H and O–H groups in total. The molecular formula is C12H21N3O2. The van der Waals surface area contributed by atoms with Crippen molar-refractivity contribution >= 4 is 0 Å². The van der Waals surface area contributed by atoms with Crippen LogP contribution in [0.3, 0.4) is 0 Å². The average Bonchev–Trinajstić information content (AvgIpc) is 2.65. The fourth-order valence-electron chi connectivity index (χ4n) is 2.00. The highest BCUT2D eigenvalue weighted by Crippen LogP contribution is 2.20. The van der Waals surface area contributed by atoms with Crippen LogP contribution in [-0.4, -0.2) is 39.3 Å². The number of likely N-dealkylation sites (tertiary alicyclic amines) is 1. The SMILES string of the molecule is CC(C)(C)c1nc(CN2CCCC(O)C2)no1. The van der Waals surface area contributed by atoms with E-state index in [2.05, 4.69) is 35.8 Å². The van der Waals surface area contributed by atoms with E-state index in [4.69, 9.17) is 4.52 Å². The summed E-state index contributed by atoms with van der Waals surface area (Å²) in [5, 5.41) is 13.6. The summed E-state index contributed by atoms with van der Waals surface area (Å²) >= 11 is 0. The lowest BCUT2D eigenvalue weighted by molar-refractivity contribution is 0.0651. The monoisotopic (exact) mass is 239 g/mol. The van der Waals surface area contributed by atoms with E-state index < -0.39 is 0 Å². The molecule has 0 saturated carbocycles. The third-order valence-electron chi connectivity index (χ3n) is 2.96. The highest BCUT2D eigenvalue weighted by molar-refractivity contribution is 4.98. The number of rotatable bonds is 2. The summed E-state index contributed by atoms with van der Waals surface area (Å²) in [5.41, 5.74) is -0.105. The van der Waals surface area contributed by atoms with Crippen molar-refractivity contribution in [2.45, 2.75) is 51.7 Å². The summed E-state index contributed by atoms with van der Waals surface area (Å²) in [4.78, 5) is 6.57. The molecule has 1 unspecified atom stereocenters. The molecule has 0 amide bonds. The molecule has 1 atom stereocenters. The maximum atomic E-state index is 9.59. The van der Waals surface area contributed by atoms with Gasteiger partial charge in [0.05, 0.1) is 12.6 Å². The van der Waals surface area contributed by atoms with Crippen molar-refractivity contribution in [3.63, 3.8) is 0 Å². The fourth-order valence-corrected chi connectivity index (χ4v) is 2.00. The summed E-state index contributed by atoms with van der Waals surface area (Å²) in [5.74, 6) is 1.38. The fraction of sp³-hybridized carbons (Fsp3) is 0.833. The van der Waals surface area contributed by atoms with Crippen molar-refractivity contribution in [1.29, 1.82) is 0 Å². The van der Waals surface area contributed by atoms with E-state index in [1.54, 1.807) is 0 Å². The molecular weight excluding hydrogens is 218 g/mol. The number of hydrogen-bond acceptors (Lipinski definition) is 5. The van der Waals surface area contributed by atoms with E-state index in [1.165, 1.54) is 0 Å². The van der Waals surface area contributed by atoms with Crippen molar-refractivity contribution in [3.8, 4) is 0 Å². The molecule has 0 radical (unpaired) electrons. The van der Waals surface area contributed by atoms with Crippen LogP contribution in [0.1, 0.15) is 45.3 Å². The summed E-state index contributed by atoms with van der Waals surface area (Å²) in [7, 11) is 0. The first-order chi connectivity index (χ1) is 7.95. The number of aliphatic hydroxyl groups excluding tert-OH is 1. The van der Waals surface area contributed by atoms with Crippen LogP contribution in [0.15, 0.2) is 4.52 Å². The third kappa shape index (κ3) is 3.26. The van der Waals surface area contributed by atoms with Crippen LogP contribution in [0, 0.1) is 0 Å². The molecule has 5 heteroatoms. The van der Waals surface area contributed by atoms with Gasteiger partial charge < -0.3 is 9.63 Å². The van der Waals surface area contributed by atoms with Gasteiger partial charge in [-0.3, -0.25) is 4.90 Å². The van der Waals surface area contributed by atoms with Gasteiger partial charge in [-0.25, -0.2) is 0 Å². The highest BCUT2D eigenvalue weighted by Gasteiger charge is 2.24. The highest BCUT2D eigenvalue weighted by atomic mass is 16.5. The summed E-state index contributed by atoms with van der Waals surface area (Å²) in [6.07, 6.45) is 1.72. The Labute approximate surface area is 102 Å². The minimum atomic E-state index is -0.210. The van der Waals surface area contributed by atoms with Gasteiger partial charge in [0.2, 0.25) is 5.89 Å². The second-order valence-electron chi connectivity index (χ2n) is 5.80. The molecule has 1 fully saturated rings. The van der Waals surface area contributed by atoms with Crippen LogP contribution < -0.4 is 0 Å². The second kappa shape index (κ2) is 4.74. The van der Waals surface area contributed by atoms with E-state index >= 15 is 0 Å². The van der Waals surface area contributed by atoms with Crippen LogP contribution in [0.4, 0.5) is 0 Å². The van der Waals surface area contributed by atoms with Crippen molar-refractivity contribution in [2.75, 3.05) is 13.1 Å². The number of aromatic nitrogens is 2. The van der Waals surface area contributed by atoms with Gasteiger partial charge >= 0.3 is 0 Å². The molecule has 0 aliphatic carbocycles. The number of nitrogens with zero attached hydrogens (tertiary/aromatic N) is 3. The standard InChI is InChI=1S/C12H21N3O2/c1-12(2,3)11-13-10(14-17-11)8-15-6-4-5-9(16)7-15/h9,16H,4-8H2,1-3H3. The first-order valence-corrected chi connectivity index (χ1v) is 6.18. The van der Waals surface area contributed by atoms with Crippen LogP contribution >= 0.6 is 0 Å². The maximum Gasteiger partial charge on any atom is 0.232 e. The number of β-amino-alcohol motifs (C(OH)–C–C–N with tert-alkyl or cyclic N) is 1. The Kier molecular flexibility index (Phi) is 3.49. The van der Waals surface area contributed by atoms with Crippen LogP contribution in [0.5, 0.6) is 0 Å². The quantitative estimate of drug-likeness (QED) is 0.843. The normalized spacial score (nSPS) is 22.9. The molecule has 1 aromatic heterocycles. The summed E-state index contributed by atoms with van der Waals surface area (Å²) in [6.45, 7) is 8.52. The van der Waals surface area contributed by atoms with E-state index in [1.807, 2.05) is 0 Å². The lowest BCUT2D eigenvalue weighted by Gasteiger charge is -2.28. The predicted molar refractivity (Wildman–Crippen MR) is 63.5 cm³/mol. The molecule has 2 rings (SSSR count). The van der Waals surface area contributed by atoms with Gasteiger partial charge in [0.25, 0.3) is 0 Å². The Hall–Kier alpha value is -0.940. The minimum Gasteiger partial charge on any atom is -0.392 e. The Morgan fingerprint density at radius 1 is 1.47 bits per heavy atom. The molecule has 1 aromatic rings. The summed E-state index contributed by atoms with van der Waals surface area (Å²) < 4.78 is 5.25. The minimum absolute atomic E-state index is 0.105. The Bertz CT molecular complexity index is 370. The van der Waals surface area contributed by atoms with Crippen LogP contribution in [-0.2, 0) is 12.0 Å². The molecule has 17 heavy (non-hydrogen) atoms. The molecule has 0 bridgehead atoms. The van der Waals surface area contributed by atoms with Gasteiger partial charge in [-0.15, -0.1) is 0 Å². The van der Waals surface area contributed by atoms with E-state index in [0.717, 1.165) is 19.4 Å². The average molecular weight is 239 g/mol. The Morgan fingerprint density at radius 3 is 2.82 bits per heavy atom. The van der Waals surface area contributed by atoms with Gasteiger partial charge in [0, 0.05) is 12.0 Å². The lowest BCUT2D eigenvalue weighted by Crippen LogP contribution is -2.37. The molecule has 5 nitrogen and oxygen atoms in total. The Balaban J connectivity index is 1.97. The molecule has 2 heterocycles. The van der Waals surface area contributed by atoms with Crippen molar-refractivity contribution < 1.29 is 9.63 Å². The number of piperidine rings is 1. The van der Waals surface area contributed by atoms with E-state index in [0.29, 0.717) is 24.8 Å². The molecule has 1 aliphatic heterocycles. The zero-order chi connectivity index (χ0) is 12.5. The topological polar surface area (TPSA) is 62.4 Å². The zero-order valence-corrected chi connectivity index (χ0v) is 10.8. The first kappa shape index (κ1) is 12.5. The number of aliphatic hydroxyl groups is 1. The van der Waals surface area contributed by atoms with Crippen molar-refractivity contribution in [1.82, 2.24) is 15.0 Å². The number of hydrogen-bond donors (Lipinski definition) is 1. The smallest absolute Gasteiger partial charge is 0.232 e.